The molecule has 0 radical (unpaired) electrons. The molecule has 1 N–H and O–H groups in total. The van der Waals surface area contributed by atoms with Gasteiger partial charge >= 0.3 is 0 Å². The van der Waals surface area contributed by atoms with Gasteiger partial charge in [-0.15, -0.1) is 0 Å². The molecule has 1 aliphatic rings. The van der Waals surface area contributed by atoms with E-state index in [1.807, 2.05) is 78.9 Å². The molecule has 6 nitrogen and oxygen atoms in total. The van der Waals surface area contributed by atoms with Crippen LogP contribution in [0.25, 0.3) is 0 Å². The molecular formula is C27H26N4O2. The van der Waals surface area contributed by atoms with Crippen LogP contribution in [0.1, 0.15) is 5.56 Å². The van der Waals surface area contributed by atoms with Crippen LogP contribution in [0.2, 0.25) is 0 Å². The highest BCUT2D eigenvalue weighted by Gasteiger charge is 2.23. The smallest absolute Gasteiger partial charge is 0.266 e. The van der Waals surface area contributed by atoms with Crippen LogP contribution in [-0.4, -0.2) is 41.9 Å². The van der Waals surface area contributed by atoms with E-state index in [4.69, 9.17) is 4.74 Å². The molecule has 0 bridgehead atoms. The summed E-state index contributed by atoms with van der Waals surface area (Å²) in [5.41, 5.74) is 2.12. The second-order valence-corrected chi connectivity index (χ2v) is 7.81. The molecule has 6 heteroatoms. The minimum Gasteiger partial charge on any atom is -0.457 e. The number of carbonyl (C=O) groups excluding carboxylic acids is 1. The summed E-state index contributed by atoms with van der Waals surface area (Å²) in [5.74, 6) is 1.23. The van der Waals surface area contributed by atoms with Crippen molar-refractivity contribution in [1.82, 2.24) is 9.80 Å². The first kappa shape index (κ1) is 22.1. The van der Waals surface area contributed by atoms with E-state index >= 15 is 0 Å². The summed E-state index contributed by atoms with van der Waals surface area (Å²) in [6, 6.07) is 29.3. The number of nitrogens with one attached hydrogen (secondary N) is 1. The van der Waals surface area contributed by atoms with Gasteiger partial charge < -0.3 is 15.0 Å². The number of amides is 1. The van der Waals surface area contributed by atoms with Crippen LogP contribution in [0.15, 0.2) is 96.7 Å². The summed E-state index contributed by atoms with van der Waals surface area (Å²) < 4.78 is 5.78. The maximum atomic E-state index is 12.8. The molecule has 1 saturated heterocycles. The van der Waals surface area contributed by atoms with Crippen molar-refractivity contribution in [2.24, 2.45) is 0 Å². The third-order valence-electron chi connectivity index (χ3n) is 5.48. The van der Waals surface area contributed by atoms with Gasteiger partial charge in [0.1, 0.15) is 23.1 Å². The fourth-order valence-corrected chi connectivity index (χ4v) is 3.66. The lowest BCUT2D eigenvalue weighted by Gasteiger charge is -2.34. The van der Waals surface area contributed by atoms with Crippen molar-refractivity contribution in [3.05, 3.63) is 102 Å². The van der Waals surface area contributed by atoms with Crippen molar-refractivity contribution in [1.29, 1.82) is 5.26 Å². The molecule has 1 heterocycles. The quantitative estimate of drug-likeness (QED) is 0.430. The number of nitrogens with zero attached hydrogens (tertiary/aromatic N) is 3. The van der Waals surface area contributed by atoms with Gasteiger partial charge in [0.05, 0.1) is 0 Å². The minimum absolute atomic E-state index is 0.0936. The van der Waals surface area contributed by atoms with Crippen LogP contribution >= 0.6 is 0 Å². The molecular weight excluding hydrogens is 412 g/mol. The average Bonchev–Trinajstić information content (AvgIpc) is 2.87. The molecule has 1 amide bonds. The molecule has 0 spiro atoms. The zero-order valence-corrected chi connectivity index (χ0v) is 18.4. The Labute approximate surface area is 194 Å². The second-order valence-electron chi connectivity index (χ2n) is 7.81. The monoisotopic (exact) mass is 438 g/mol. The third kappa shape index (κ3) is 6.22. The predicted octanol–water partition coefficient (Wildman–Crippen LogP) is 4.64. The van der Waals surface area contributed by atoms with Crippen LogP contribution in [0.4, 0.5) is 5.69 Å². The number of benzene rings is 3. The first-order valence-electron chi connectivity index (χ1n) is 11.0. The van der Waals surface area contributed by atoms with Crippen molar-refractivity contribution in [2.75, 3.05) is 31.5 Å². The SMILES string of the molecule is N#C/C(=C/Nc1ccc(Oc2ccccc2)cc1)C(=O)N1CCN(Cc2ccccc2)CC1. The number of piperazine rings is 1. The topological polar surface area (TPSA) is 68.6 Å². The van der Waals surface area contributed by atoms with E-state index in [-0.39, 0.29) is 11.5 Å². The summed E-state index contributed by atoms with van der Waals surface area (Å²) in [6.45, 7) is 3.66. The van der Waals surface area contributed by atoms with Crippen molar-refractivity contribution in [2.45, 2.75) is 6.54 Å². The number of carbonyl (C=O) groups is 1. The second kappa shape index (κ2) is 11.0. The van der Waals surface area contributed by atoms with Crippen LogP contribution in [0, 0.1) is 11.3 Å². The molecule has 4 rings (SSSR count). The van der Waals surface area contributed by atoms with Crippen molar-refractivity contribution >= 4 is 11.6 Å². The van der Waals surface area contributed by atoms with E-state index in [1.165, 1.54) is 11.8 Å². The maximum Gasteiger partial charge on any atom is 0.266 e. The lowest BCUT2D eigenvalue weighted by Crippen LogP contribution is -2.48. The highest BCUT2D eigenvalue weighted by atomic mass is 16.5. The van der Waals surface area contributed by atoms with Gasteiger partial charge in [0.2, 0.25) is 0 Å². The Hall–Kier alpha value is -4.08. The van der Waals surface area contributed by atoms with Crippen LogP contribution in [0.3, 0.4) is 0 Å². The molecule has 166 valence electrons. The summed E-state index contributed by atoms with van der Waals surface area (Å²) in [7, 11) is 0. The Morgan fingerprint density at radius 1 is 0.879 bits per heavy atom. The Bertz CT molecular complexity index is 1110. The van der Waals surface area contributed by atoms with Gasteiger partial charge in [-0.1, -0.05) is 48.5 Å². The molecule has 3 aromatic carbocycles. The van der Waals surface area contributed by atoms with Gasteiger partial charge in [-0.25, -0.2) is 0 Å². The molecule has 0 aromatic heterocycles. The van der Waals surface area contributed by atoms with E-state index in [9.17, 15) is 10.1 Å². The molecule has 0 saturated carbocycles. The summed E-state index contributed by atoms with van der Waals surface area (Å²) in [4.78, 5) is 16.9. The fraction of sp³-hybridized carbons (Fsp3) is 0.185. The van der Waals surface area contributed by atoms with E-state index in [2.05, 4.69) is 22.3 Å². The maximum absolute atomic E-state index is 12.8. The Morgan fingerprint density at radius 2 is 1.48 bits per heavy atom. The normalized spacial score (nSPS) is 14.4. The van der Waals surface area contributed by atoms with Gasteiger partial charge in [-0.05, 0) is 42.0 Å². The van der Waals surface area contributed by atoms with Gasteiger partial charge in [-0.3, -0.25) is 9.69 Å². The van der Waals surface area contributed by atoms with E-state index in [0.717, 1.165) is 31.1 Å². The molecule has 3 aromatic rings. The van der Waals surface area contributed by atoms with Crippen LogP contribution in [0.5, 0.6) is 11.5 Å². The molecule has 33 heavy (non-hydrogen) atoms. The molecule has 0 atom stereocenters. The number of hydrogen-bond donors (Lipinski definition) is 1. The lowest BCUT2D eigenvalue weighted by molar-refractivity contribution is -0.128. The Morgan fingerprint density at radius 3 is 2.12 bits per heavy atom. The number of para-hydroxylation sites is 1. The van der Waals surface area contributed by atoms with Crippen LogP contribution in [-0.2, 0) is 11.3 Å². The average molecular weight is 439 g/mol. The minimum atomic E-state index is -0.242. The van der Waals surface area contributed by atoms with Crippen molar-refractivity contribution in [3.8, 4) is 17.6 Å². The largest absolute Gasteiger partial charge is 0.457 e. The zero-order chi connectivity index (χ0) is 22.9. The highest BCUT2D eigenvalue weighted by Crippen LogP contribution is 2.22. The lowest BCUT2D eigenvalue weighted by atomic mass is 10.2. The first-order valence-corrected chi connectivity index (χ1v) is 11.0. The van der Waals surface area contributed by atoms with Crippen molar-refractivity contribution < 1.29 is 9.53 Å². The number of hydrogen-bond acceptors (Lipinski definition) is 5. The van der Waals surface area contributed by atoms with E-state index in [1.54, 1.807) is 4.90 Å². The van der Waals surface area contributed by atoms with Crippen LogP contribution < -0.4 is 10.1 Å². The van der Waals surface area contributed by atoms with Crippen molar-refractivity contribution in [3.63, 3.8) is 0 Å². The van der Waals surface area contributed by atoms with Gasteiger partial charge in [0.15, 0.2) is 0 Å². The summed E-state index contributed by atoms with van der Waals surface area (Å²) in [6.07, 6.45) is 1.48. The first-order chi connectivity index (χ1) is 16.2. The third-order valence-corrected chi connectivity index (χ3v) is 5.48. The molecule has 1 fully saturated rings. The molecule has 0 unspecified atom stereocenters. The fourth-order valence-electron chi connectivity index (χ4n) is 3.66. The number of ether oxygens (including phenoxy) is 1. The Balaban J connectivity index is 1.29. The summed E-state index contributed by atoms with van der Waals surface area (Å²) in [5, 5.41) is 12.6. The van der Waals surface area contributed by atoms with Gasteiger partial charge in [0, 0.05) is 44.6 Å². The molecule has 0 aliphatic carbocycles. The Kier molecular flexibility index (Phi) is 7.36. The van der Waals surface area contributed by atoms with E-state index in [0.29, 0.717) is 18.8 Å². The van der Waals surface area contributed by atoms with E-state index < -0.39 is 0 Å². The summed E-state index contributed by atoms with van der Waals surface area (Å²) >= 11 is 0. The highest BCUT2D eigenvalue weighted by molar-refractivity contribution is 5.97. The number of rotatable bonds is 7. The molecule has 1 aliphatic heterocycles. The van der Waals surface area contributed by atoms with Gasteiger partial charge in [-0.2, -0.15) is 5.26 Å². The number of nitriles is 1. The number of anilines is 1. The van der Waals surface area contributed by atoms with Gasteiger partial charge in [0.25, 0.3) is 5.91 Å². The predicted molar refractivity (Wildman–Crippen MR) is 129 cm³/mol. The standard InChI is InChI=1S/C27H26N4O2/c28-19-23(20-29-24-11-13-26(14-12-24)33-25-9-5-2-6-10-25)27(32)31-17-15-30(16-18-31)21-22-7-3-1-4-8-22/h1-14,20,29H,15-18,21H2/b23-20-. The zero-order valence-electron chi connectivity index (χ0n) is 18.4.